The summed E-state index contributed by atoms with van der Waals surface area (Å²) in [6, 6.07) is 9.99. The Morgan fingerprint density at radius 1 is 1.24 bits per heavy atom. The molecule has 0 heterocycles. The van der Waals surface area contributed by atoms with Crippen LogP contribution in [0.5, 0.6) is 0 Å². The van der Waals surface area contributed by atoms with Gasteiger partial charge in [-0.05, 0) is 24.1 Å². The monoisotopic (exact) mass is 346 g/mol. The largest absolute Gasteiger partial charge is 0.455 e. The summed E-state index contributed by atoms with van der Waals surface area (Å²) >= 11 is 0. The van der Waals surface area contributed by atoms with E-state index in [9.17, 15) is 24.1 Å². The van der Waals surface area contributed by atoms with E-state index in [1.54, 1.807) is 12.1 Å². The van der Waals surface area contributed by atoms with Gasteiger partial charge in [-0.25, -0.2) is 4.39 Å². The first-order chi connectivity index (χ1) is 11.9. The lowest BCUT2D eigenvalue weighted by molar-refractivity contribution is -0.384. The average molecular weight is 346 g/mol. The minimum Gasteiger partial charge on any atom is -0.455 e. The van der Waals surface area contributed by atoms with Gasteiger partial charge in [-0.2, -0.15) is 0 Å². The summed E-state index contributed by atoms with van der Waals surface area (Å²) in [6.07, 6.45) is 0.00508. The highest BCUT2D eigenvalue weighted by molar-refractivity contribution is 5.93. The number of anilines is 1. The number of amides is 1. The number of carbonyl (C=O) groups is 2. The Morgan fingerprint density at radius 3 is 2.64 bits per heavy atom. The number of nitrogens with zero attached hydrogens (tertiary/aromatic N) is 1. The molecular weight excluding hydrogens is 331 g/mol. The number of hydrogen-bond donors (Lipinski definition) is 1. The lowest BCUT2D eigenvalue weighted by Gasteiger charge is -2.08. The van der Waals surface area contributed by atoms with Crippen molar-refractivity contribution in [2.45, 2.75) is 13.3 Å². The van der Waals surface area contributed by atoms with Crippen LogP contribution in [0.25, 0.3) is 0 Å². The third kappa shape index (κ3) is 5.10. The zero-order valence-corrected chi connectivity index (χ0v) is 13.3. The van der Waals surface area contributed by atoms with Crippen molar-refractivity contribution in [1.82, 2.24) is 0 Å². The number of halogens is 1. The number of nitrogens with one attached hydrogen (secondary N) is 1. The second kappa shape index (κ2) is 8.00. The molecule has 0 aromatic heterocycles. The molecule has 0 aliphatic carbocycles. The molecule has 0 radical (unpaired) electrons. The zero-order valence-electron chi connectivity index (χ0n) is 13.3. The van der Waals surface area contributed by atoms with Gasteiger partial charge in [0.2, 0.25) is 0 Å². The Bertz CT molecular complexity index is 822. The van der Waals surface area contributed by atoms with Crippen molar-refractivity contribution in [1.29, 1.82) is 0 Å². The predicted octanol–water partition coefficient (Wildman–Crippen LogP) is 2.77. The molecule has 0 bridgehead atoms. The van der Waals surface area contributed by atoms with E-state index in [0.717, 1.165) is 29.3 Å². The predicted molar refractivity (Wildman–Crippen MR) is 87.5 cm³/mol. The molecule has 25 heavy (non-hydrogen) atoms. The van der Waals surface area contributed by atoms with Gasteiger partial charge in [-0.15, -0.1) is 0 Å². The van der Waals surface area contributed by atoms with Crippen molar-refractivity contribution >= 4 is 23.3 Å². The Balaban J connectivity index is 1.90. The Kier molecular flexibility index (Phi) is 5.78. The molecule has 7 nitrogen and oxygen atoms in total. The van der Waals surface area contributed by atoms with E-state index in [-0.39, 0.29) is 17.8 Å². The van der Waals surface area contributed by atoms with Crippen LogP contribution < -0.4 is 5.32 Å². The Morgan fingerprint density at radius 2 is 1.96 bits per heavy atom. The summed E-state index contributed by atoms with van der Waals surface area (Å²) in [5, 5.41) is 12.8. The molecule has 2 aromatic rings. The molecule has 0 aliphatic heterocycles. The first-order valence-corrected chi connectivity index (χ1v) is 7.30. The molecule has 2 rings (SSSR count). The molecule has 1 amide bonds. The SMILES string of the molecule is Cc1ccccc1CC(=O)OCC(=O)Nc1cc([N+](=O)[O-])ccc1F. The van der Waals surface area contributed by atoms with Gasteiger partial charge in [0.15, 0.2) is 6.61 Å². The van der Waals surface area contributed by atoms with Gasteiger partial charge in [-0.3, -0.25) is 19.7 Å². The van der Waals surface area contributed by atoms with Crippen LogP contribution in [0.4, 0.5) is 15.8 Å². The van der Waals surface area contributed by atoms with Crippen molar-refractivity contribution in [2.24, 2.45) is 0 Å². The van der Waals surface area contributed by atoms with Crippen LogP contribution in [0.3, 0.4) is 0 Å². The smallest absolute Gasteiger partial charge is 0.310 e. The molecule has 2 aromatic carbocycles. The number of nitro benzene ring substituents is 1. The van der Waals surface area contributed by atoms with Crippen LogP contribution in [0, 0.1) is 22.9 Å². The van der Waals surface area contributed by atoms with Crippen molar-refractivity contribution in [3.8, 4) is 0 Å². The maximum atomic E-state index is 13.6. The van der Waals surface area contributed by atoms with Crippen LogP contribution in [0.1, 0.15) is 11.1 Å². The molecule has 0 spiro atoms. The molecule has 0 atom stereocenters. The van der Waals surface area contributed by atoms with Crippen LogP contribution in [0.2, 0.25) is 0 Å². The van der Waals surface area contributed by atoms with Crippen LogP contribution in [-0.2, 0) is 20.7 Å². The van der Waals surface area contributed by atoms with Gasteiger partial charge in [-0.1, -0.05) is 24.3 Å². The van der Waals surface area contributed by atoms with Crippen LogP contribution in [0.15, 0.2) is 42.5 Å². The number of carbonyl (C=O) groups excluding carboxylic acids is 2. The molecule has 130 valence electrons. The molecule has 0 aliphatic rings. The van der Waals surface area contributed by atoms with E-state index < -0.39 is 29.2 Å². The molecule has 8 heteroatoms. The van der Waals surface area contributed by atoms with Gasteiger partial charge in [0, 0.05) is 12.1 Å². The molecule has 0 saturated carbocycles. The maximum Gasteiger partial charge on any atom is 0.310 e. The quantitative estimate of drug-likeness (QED) is 0.493. The highest BCUT2D eigenvalue weighted by Gasteiger charge is 2.15. The van der Waals surface area contributed by atoms with Gasteiger partial charge in [0.25, 0.3) is 11.6 Å². The van der Waals surface area contributed by atoms with Gasteiger partial charge < -0.3 is 10.1 Å². The zero-order chi connectivity index (χ0) is 18.4. The second-order valence-electron chi connectivity index (χ2n) is 5.23. The fourth-order valence-corrected chi connectivity index (χ4v) is 2.07. The summed E-state index contributed by atoms with van der Waals surface area (Å²) in [7, 11) is 0. The number of non-ortho nitro benzene ring substituents is 1. The van der Waals surface area contributed by atoms with E-state index >= 15 is 0 Å². The van der Waals surface area contributed by atoms with Gasteiger partial charge >= 0.3 is 5.97 Å². The van der Waals surface area contributed by atoms with Crippen molar-refractivity contribution < 1.29 is 23.6 Å². The lowest BCUT2D eigenvalue weighted by atomic mass is 10.1. The highest BCUT2D eigenvalue weighted by Crippen LogP contribution is 2.21. The number of esters is 1. The molecule has 1 N–H and O–H groups in total. The normalized spacial score (nSPS) is 10.2. The first kappa shape index (κ1) is 18.1. The van der Waals surface area contributed by atoms with Crippen molar-refractivity contribution in [3.63, 3.8) is 0 Å². The molecule has 0 unspecified atom stereocenters. The van der Waals surface area contributed by atoms with E-state index in [1.165, 1.54) is 0 Å². The van der Waals surface area contributed by atoms with E-state index in [2.05, 4.69) is 5.32 Å². The Labute approximate surface area is 142 Å². The average Bonchev–Trinajstić information content (AvgIpc) is 2.57. The minimum absolute atomic E-state index is 0.00508. The summed E-state index contributed by atoms with van der Waals surface area (Å²) in [5.41, 5.74) is 0.975. The van der Waals surface area contributed by atoms with Crippen molar-refractivity contribution in [2.75, 3.05) is 11.9 Å². The second-order valence-corrected chi connectivity index (χ2v) is 5.23. The standard InChI is InChI=1S/C17H15FN2O5/c1-11-4-2-3-5-12(11)8-17(22)25-10-16(21)19-15-9-13(20(23)24)6-7-14(15)18/h2-7,9H,8,10H2,1H3,(H,19,21). The number of hydrogen-bond acceptors (Lipinski definition) is 5. The topological polar surface area (TPSA) is 98.5 Å². The number of benzene rings is 2. The van der Waals surface area contributed by atoms with E-state index in [0.29, 0.717) is 0 Å². The third-order valence-corrected chi connectivity index (χ3v) is 3.40. The van der Waals surface area contributed by atoms with Gasteiger partial charge in [0.1, 0.15) is 5.82 Å². The molecule has 0 saturated heterocycles. The van der Waals surface area contributed by atoms with Crippen LogP contribution in [-0.4, -0.2) is 23.4 Å². The van der Waals surface area contributed by atoms with E-state index in [4.69, 9.17) is 4.74 Å². The lowest BCUT2D eigenvalue weighted by Crippen LogP contribution is -2.22. The summed E-state index contributed by atoms with van der Waals surface area (Å²) in [4.78, 5) is 33.5. The number of ether oxygens (including phenoxy) is 1. The molecule has 0 fully saturated rings. The minimum atomic E-state index is -0.829. The fraction of sp³-hybridized carbons (Fsp3) is 0.176. The first-order valence-electron chi connectivity index (χ1n) is 7.30. The fourth-order valence-electron chi connectivity index (χ4n) is 2.07. The number of aryl methyl sites for hydroxylation is 1. The van der Waals surface area contributed by atoms with Crippen molar-refractivity contribution in [3.05, 3.63) is 69.5 Å². The Hall–Kier alpha value is -3.29. The van der Waals surface area contributed by atoms with Crippen LogP contribution >= 0.6 is 0 Å². The molecular formula is C17H15FN2O5. The number of nitro groups is 1. The summed E-state index contributed by atoms with van der Waals surface area (Å²) < 4.78 is 18.4. The van der Waals surface area contributed by atoms with Gasteiger partial charge in [0.05, 0.1) is 17.0 Å². The van der Waals surface area contributed by atoms with E-state index in [1.807, 2.05) is 19.1 Å². The summed E-state index contributed by atoms with van der Waals surface area (Å²) in [6.45, 7) is 1.23. The highest BCUT2D eigenvalue weighted by atomic mass is 19.1. The maximum absolute atomic E-state index is 13.6. The third-order valence-electron chi connectivity index (χ3n) is 3.40. The summed E-state index contributed by atoms with van der Waals surface area (Å²) in [5.74, 6) is -2.23. The number of rotatable bonds is 6.